The van der Waals surface area contributed by atoms with E-state index in [0.29, 0.717) is 44.7 Å². The highest BCUT2D eigenvalue weighted by atomic mass is 32.2. The molecule has 0 atom stereocenters. The molecule has 0 radical (unpaired) electrons. The average molecular weight is 508 g/mol. The summed E-state index contributed by atoms with van der Waals surface area (Å²) in [5.41, 5.74) is 2.92. The van der Waals surface area contributed by atoms with Crippen molar-refractivity contribution in [1.82, 2.24) is 8.98 Å². The lowest BCUT2D eigenvalue weighted by Gasteiger charge is -2.27. The Balaban J connectivity index is 1.74. The van der Waals surface area contributed by atoms with E-state index < -0.39 is 21.8 Å². The molecule has 0 spiro atoms. The van der Waals surface area contributed by atoms with Gasteiger partial charge in [0.15, 0.2) is 0 Å². The van der Waals surface area contributed by atoms with E-state index in [-0.39, 0.29) is 18.0 Å². The van der Waals surface area contributed by atoms with E-state index in [2.05, 4.69) is 5.10 Å². The van der Waals surface area contributed by atoms with Crippen molar-refractivity contribution in [1.29, 1.82) is 0 Å². The molecule has 0 bridgehead atoms. The summed E-state index contributed by atoms with van der Waals surface area (Å²) in [6.07, 6.45) is 0. The van der Waals surface area contributed by atoms with Crippen molar-refractivity contribution in [2.24, 2.45) is 5.10 Å². The number of aromatic nitrogens is 1. The van der Waals surface area contributed by atoms with Crippen LogP contribution in [-0.4, -0.2) is 41.3 Å². The van der Waals surface area contributed by atoms with Gasteiger partial charge in [0.05, 0.1) is 18.6 Å². The highest BCUT2D eigenvalue weighted by molar-refractivity contribution is 7.89. The molecule has 3 aromatic carbocycles. The highest BCUT2D eigenvalue weighted by Crippen LogP contribution is 2.35. The molecule has 0 aliphatic carbocycles. The van der Waals surface area contributed by atoms with Crippen LogP contribution in [0.4, 0.5) is 4.39 Å². The van der Waals surface area contributed by atoms with Gasteiger partial charge in [0, 0.05) is 27.7 Å². The van der Waals surface area contributed by atoms with Crippen molar-refractivity contribution in [3.8, 4) is 5.75 Å². The molecule has 10 heteroatoms. The van der Waals surface area contributed by atoms with Crippen LogP contribution in [0.15, 0.2) is 76.7 Å². The van der Waals surface area contributed by atoms with Gasteiger partial charge < -0.3 is 14.4 Å². The van der Waals surface area contributed by atoms with Gasteiger partial charge in [-0.15, -0.1) is 0 Å². The summed E-state index contributed by atoms with van der Waals surface area (Å²) in [6, 6.07) is 17.6. The molecule has 0 amide bonds. The Morgan fingerprint density at radius 3 is 2.50 bits per heavy atom. The standard InChI is InChI=1S/C26H22FN3O5S/c1-16-25(21-13-18(27)9-12-22(21)29(16)15-24(31)32)26-20-5-3-4-6-23(20)36(33,34)30(28-26)14-17-7-10-19(35-2)11-8-17/h3-13H,14-15H2,1-2H3,(H,31,32). The molecule has 4 aromatic rings. The van der Waals surface area contributed by atoms with E-state index in [9.17, 15) is 22.7 Å². The molecule has 0 fully saturated rings. The van der Waals surface area contributed by atoms with Gasteiger partial charge in [-0.3, -0.25) is 4.79 Å². The quantitative estimate of drug-likeness (QED) is 0.423. The lowest BCUT2D eigenvalue weighted by molar-refractivity contribution is -0.137. The van der Waals surface area contributed by atoms with E-state index >= 15 is 0 Å². The molecule has 184 valence electrons. The number of fused-ring (bicyclic) bond motifs is 2. The van der Waals surface area contributed by atoms with Gasteiger partial charge >= 0.3 is 5.97 Å². The summed E-state index contributed by atoms with van der Waals surface area (Å²) in [5, 5.41) is 14.5. The van der Waals surface area contributed by atoms with Crippen molar-refractivity contribution in [3.63, 3.8) is 0 Å². The van der Waals surface area contributed by atoms with Crippen LogP contribution in [0.2, 0.25) is 0 Å². The monoisotopic (exact) mass is 507 g/mol. The number of aliphatic carboxylic acids is 1. The largest absolute Gasteiger partial charge is 0.497 e. The van der Waals surface area contributed by atoms with Gasteiger partial charge in [0.2, 0.25) is 0 Å². The van der Waals surface area contributed by atoms with Crippen molar-refractivity contribution in [2.45, 2.75) is 24.9 Å². The SMILES string of the molecule is COc1ccc(CN2N=C(c3c(C)n(CC(=O)O)c4ccc(F)cc34)c3ccccc3S2(=O)=O)cc1. The van der Waals surface area contributed by atoms with Gasteiger partial charge in [-0.05, 0) is 48.9 Å². The molecule has 1 N–H and O–H groups in total. The van der Waals surface area contributed by atoms with Crippen LogP contribution in [0, 0.1) is 12.7 Å². The highest BCUT2D eigenvalue weighted by Gasteiger charge is 2.35. The second-order valence-electron chi connectivity index (χ2n) is 8.38. The topological polar surface area (TPSA) is 101 Å². The first-order valence-electron chi connectivity index (χ1n) is 11.0. The summed E-state index contributed by atoms with van der Waals surface area (Å²) < 4.78 is 49.1. The van der Waals surface area contributed by atoms with Crippen LogP contribution in [0.25, 0.3) is 10.9 Å². The molecular weight excluding hydrogens is 485 g/mol. The van der Waals surface area contributed by atoms with Crippen LogP contribution in [0.1, 0.15) is 22.4 Å². The van der Waals surface area contributed by atoms with Gasteiger partial charge in [0.1, 0.15) is 23.8 Å². The molecule has 0 saturated heterocycles. The molecule has 36 heavy (non-hydrogen) atoms. The molecule has 1 aliphatic rings. The first kappa shape index (κ1) is 23.6. The zero-order chi connectivity index (χ0) is 25.6. The predicted molar refractivity (Wildman–Crippen MR) is 132 cm³/mol. The van der Waals surface area contributed by atoms with Crippen LogP contribution in [0.3, 0.4) is 0 Å². The van der Waals surface area contributed by atoms with Gasteiger partial charge in [0.25, 0.3) is 10.0 Å². The minimum atomic E-state index is -3.98. The fourth-order valence-electron chi connectivity index (χ4n) is 4.50. The summed E-state index contributed by atoms with van der Waals surface area (Å²) in [5.74, 6) is -0.914. The van der Waals surface area contributed by atoms with Crippen molar-refractivity contribution >= 4 is 32.6 Å². The Labute approximate surface area is 206 Å². The number of hydrogen-bond donors (Lipinski definition) is 1. The summed E-state index contributed by atoms with van der Waals surface area (Å²) in [6.45, 7) is 1.35. The molecule has 1 aromatic heterocycles. The Bertz CT molecular complexity index is 1640. The fraction of sp³-hybridized carbons (Fsp3) is 0.154. The third-order valence-electron chi connectivity index (χ3n) is 6.20. The van der Waals surface area contributed by atoms with Crippen molar-refractivity contribution in [3.05, 3.63) is 94.9 Å². The predicted octanol–water partition coefficient (Wildman–Crippen LogP) is 4.14. The Kier molecular flexibility index (Phi) is 5.76. The number of hydrazone groups is 1. The minimum absolute atomic E-state index is 0.0364. The normalized spacial score (nSPS) is 14.4. The lowest BCUT2D eigenvalue weighted by atomic mass is 9.99. The van der Waals surface area contributed by atoms with Gasteiger partial charge in [-0.2, -0.15) is 17.9 Å². The summed E-state index contributed by atoms with van der Waals surface area (Å²) >= 11 is 0. The first-order chi connectivity index (χ1) is 17.2. The second kappa shape index (κ2) is 8.80. The van der Waals surface area contributed by atoms with Gasteiger partial charge in [-0.25, -0.2) is 4.39 Å². The minimum Gasteiger partial charge on any atom is -0.497 e. The Morgan fingerprint density at radius 1 is 1.08 bits per heavy atom. The Morgan fingerprint density at radius 2 is 1.81 bits per heavy atom. The van der Waals surface area contributed by atoms with Crippen LogP contribution >= 0.6 is 0 Å². The zero-order valence-electron chi connectivity index (χ0n) is 19.5. The summed E-state index contributed by atoms with van der Waals surface area (Å²) in [7, 11) is -2.44. The average Bonchev–Trinajstić information content (AvgIpc) is 3.11. The number of nitrogens with zero attached hydrogens (tertiary/aromatic N) is 3. The number of carboxylic acids is 1. The molecule has 5 rings (SSSR count). The van der Waals surface area contributed by atoms with E-state index in [0.717, 1.165) is 4.41 Å². The first-order valence-corrected chi connectivity index (χ1v) is 12.5. The number of methoxy groups -OCH3 is 1. The van der Waals surface area contributed by atoms with Crippen LogP contribution in [0.5, 0.6) is 5.75 Å². The number of rotatable bonds is 6. The molecule has 2 heterocycles. The van der Waals surface area contributed by atoms with Crippen LogP contribution in [-0.2, 0) is 27.9 Å². The van der Waals surface area contributed by atoms with E-state index in [1.54, 1.807) is 61.1 Å². The number of benzene rings is 3. The zero-order valence-corrected chi connectivity index (χ0v) is 20.3. The van der Waals surface area contributed by atoms with Crippen molar-refractivity contribution in [2.75, 3.05) is 7.11 Å². The maximum absolute atomic E-state index is 14.4. The molecule has 1 aliphatic heterocycles. The van der Waals surface area contributed by atoms with Crippen LogP contribution < -0.4 is 4.74 Å². The fourth-order valence-corrected chi connectivity index (χ4v) is 5.93. The smallest absolute Gasteiger partial charge is 0.323 e. The molecule has 0 saturated carbocycles. The van der Waals surface area contributed by atoms with E-state index in [1.165, 1.54) is 24.3 Å². The van der Waals surface area contributed by atoms with Gasteiger partial charge in [-0.1, -0.05) is 30.3 Å². The van der Waals surface area contributed by atoms with E-state index in [4.69, 9.17) is 4.74 Å². The molecule has 8 nitrogen and oxygen atoms in total. The maximum Gasteiger partial charge on any atom is 0.323 e. The number of halogens is 1. The number of hydrogen-bond acceptors (Lipinski definition) is 5. The second-order valence-corrected chi connectivity index (χ2v) is 10.2. The number of sulfonamides is 1. The summed E-state index contributed by atoms with van der Waals surface area (Å²) in [4.78, 5) is 11.6. The lowest BCUT2D eigenvalue weighted by Crippen LogP contribution is -2.33. The number of carboxylic acid groups (broad SMARTS) is 1. The number of carbonyl (C=O) groups is 1. The third-order valence-corrected chi connectivity index (χ3v) is 7.88. The molecule has 0 unspecified atom stereocenters. The Hall–Kier alpha value is -4.18. The maximum atomic E-state index is 14.4. The van der Waals surface area contributed by atoms with E-state index in [1.807, 2.05) is 0 Å². The third kappa shape index (κ3) is 3.89. The number of ether oxygens (including phenoxy) is 1. The van der Waals surface area contributed by atoms with Crippen molar-refractivity contribution < 1.29 is 27.4 Å². The molecular formula is C26H22FN3O5S.